The van der Waals surface area contributed by atoms with Crippen LogP contribution in [0.4, 0.5) is 24.5 Å². The highest BCUT2D eigenvalue weighted by atomic mass is 35.5. The van der Waals surface area contributed by atoms with E-state index in [1.807, 2.05) is 47.2 Å². The van der Waals surface area contributed by atoms with Gasteiger partial charge in [-0.05, 0) is 135 Å². The van der Waals surface area contributed by atoms with Crippen LogP contribution in [0.3, 0.4) is 0 Å². The van der Waals surface area contributed by atoms with Gasteiger partial charge in [0.1, 0.15) is 4.90 Å². The first-order chi connectivity index (χ1) is 39.2. The van der Waals surface area contributed by atoms with Crippen LogP contribution in [0.25, 0.3) is 5.57 Å². The van der Waals surface area contributed by atoms with Gasteiger partial charge in [-0.1, -0.05) is 54.4 Å². The van der Waals surface area contributed by atoms with Gasteiger partial charge in [-0.3, -0.25) is 34.4 Å². The Morgan fingerprint density at radius 2 is 1.60 bits per heavy atom. The topological polar surface area (TPSA) is 181 Å². The molecule has 6 aliphatic heterocycles. The fourth-order valence-electron chi connectivity index (χ4n) is 12.7. The molecule has 5 atom stereocenters. The monoisotopic (exact) mass is 1210 g/mol. The summed E-state index contributed by atoms with van der Waals surface area (Å²) in [7, 11) is -11.0. The lowest BCUT2D eigenvalue weighted by molar-refractivity contribution is -0.142. The number of benzene rings is 4. The largest absolute Gasteiger partial charge is 0.501 e. The number of fused-ring (bicyclic) bond motifs is 3. The van der Waals surface area contributed by atoms with Crippen molar-refractivity contribution in [3.63, 3.8) is 0 Å². The molecule has 3 amide bonds. The zero-order valence-electron chi connectivity index (χ0n) is 46.0. The van der Waals surface area contributed by atoms with Crippen molar-refractivity contribution in [1.82, 2.24) is 29.6 Å². The van der Waals surface area contributed by atoms with Gasteiger partial charge in [-0.25, -0.2) is 21.6 Å². The summed E-state index contributed by atoms with van der Waals surface area (Å²) in [6.45, 7) is 12.0. The van der Waals surface area contributed by atoms with E-state index in [2.05, 4.69) is 54.2 Å². The first-order valence-corrected chi connectivity index (χ1v) is 32.7. The minimum Gasteiger partial charge on any atom is -0.380 e. The molecule has 4 aromatic rings. The Hall–Kier alpha value is -5.04. The third kappa shape index (κ3) is 14.4. The number of amides is 3. The van der Waals surface area contributed by atoms with Gasteiger partial charge in [0.05, 0.1) is 23.2 Å². The molecule has 4 aromatic carbocycles. The number of thioether (sulfide) groups is 1. The van der Waals surface area contributed by atoms with Gasteiger partial charge in [0, 0.05) is 130 Å². The van der Waals surface area contributed by atoms with Crippen LogP contribution in [-0.4, -0.2) is 175 Å². The molecule has 0 spiro atoms. The Morgan fingerprint density at radius 3 is 2.30 bits per heavy atom. The van der Waals surface area contributed by atoms with Crippen molar-refractivity contribution in [2.75, 3.05) is 101 Å². The van der Waals surface area contributed by atoms with Crippen LogP contribution in [-0.2, 0) is 34.2 Å². The molecule has 11 rings (SSSR count). The zero-order chi connectivity index (χ0) is 57.8. The summed E-state index contributed by atoms with van der Waals surface area (Å²) in [5.74, 6) is -1.03. The van der Waals surface area contributed by atoms with Crippen molar-refractivity contribution < 1.29 is 49.1 Å². The minimum absolute atomic E-state index is 0.0202. The van der Waals surface area contributed by atoms with E-state index in [1.165, 1.54) is 40.6 Å². The number of alkyl halides is 3. The maximum absolute atomic E-state index is 14.4. The number of carbonyl (C=O) groups excluding carboxylic acids is 3. The molecule has 82 heavy (non-hydrogen) atoms. The molecule has 1 aliphatic carbocycles. The number of rotatable bonds is 19. The number of sulfone groups is 1. The molecular weight excluding hydrogens is 1140 g/mol. The van der Waals surface area contributed by atoms with Gasteiger partial charge in [-0.2, -0.15) is 13.2 Å². The number of imide groups is 1. The molecule has 442 valence electrons. The number of piperidine rings is 3. The highest BCUT2D eigenvalue weighted by Gasteiger charge is 2.49. The molecule has 6 saturated heterocycles. The average Bonchev–Trinajstić information content (AvgIpc) is 3.76. The third-order valence-electron chi connectivity index (χ3n) is 17.1. The number of sulfonamides is 1. The Bertz CT molecular complexity index is 3200. The smallest absolute Gasteiger partial charge is 0.380 e. The predicted molar refractivity (Wildman–Crippen MR) is 312 cm³/mol. The maximum Gasteiger partial charge on any atom is 0.501 e. The molecule has 16 nitrogen and oxygen atoms in total. The maximum atomic E-state index is 14.4. The van der Waals surface area contributed by atoms with Gasteiger partial charge >= 0.3 is 5.51 Å². The van der Waals surface area contributed by atoms with Gasteiger partial charge in [-0.15, -0.1) is 11.8 Å². The van der Waals surface area contributed by atoms with E-state index in [-0.39, 0.29) is 34.9 Å². The fraction of sp³-hybridized carbons (Fsp3) is 0.508. The van der Waals surface area contributed by atoms with E-state index in [0.29, 0.717) is 81.5 Å². The van der Waals surface area contributed by atoms with Crippen LogP contribution in [0.5, 0.6) is 0 Å². The Morgan fingerprint density at radius 1 is 0.854 bits per heavy atom. The Labute approximate surface area is 488 Å². The van der Waals surface area contributed by atoms with E-state index in [4.69, 9.17) is 16.3 Å². The fourth-order valence-corrected chi connectivity index (χ4v) is 15.9. The van der Waals surface area contributed by atoms with Crippen molar-refractivity contribution in [3.05, 3.63) is 119 Å². The summed E-state index contributed by atoms with van der Waals surface area (Å²) < 4.78 is 105. The number of carbonyl (C=O) groups is 3. The number of hydrogen-bond acceptors (Lipinski definition) is 15. The molecule has 6 fully saturated rings. The highest BCUT2D eigenvalue weighted by Crippen LogP contribution is 2.46. The standard InChI is InChI=1S/C59H72ClF3N8O8S3/c1-58(40-70-37-48-17-16-47(70)38-71(48)53-20-21-55(72)65-57(53)74)24-22-51(41-8-12-44(60)13-9-41)43(35-58)36-68-27-29-69(30-28-68)46-14-10-42(11-15-46)56(73)66-82(77,78)50-18-19-52(54(34-50)81(75,76)59(61,62)63)64-45(39-80-49-6-3-2-4-7-49)23-26-67-25-5-32-79-33-31-67/h2-4,6-15,18-19,34,45,47-48,53,64H,5,16-17,20-33,35-40H2,1H3,(H,66,73)(H,65,72,74)/t45-,47+,48+,53?,58-/m1/s1. The Kier molecular flexibility index (Phi) is 18.8. The lowest BCUT2D eigenvalue weighted by Gasteiger charge is -2.56. The van der Waals surface area contributed by atoms with E-state index < -0.39 is 52.8 Å². The molecule has 7 aliphatic rings. The van der Waals surface area contributed by atoms with Crippen molar-refractivity contribution in [2.45, 2.75) is 109 Å². The van der Waals surface area contributed by atoms with Crippen LogP contribution in [0.1, 0.15) is 80.6 Å². The molecule has 2 bridgehead atoms. The van der Waals surface area contributed by atoms with E-state index in [9.17, 15) is 44.4 Å². The van der Waals surface area contributed by atoms with Gasteiger partial charge < -0.3 is 19.9 Å². The highest BCUT2D eigenvalue weighted by molar-refractivity contribution is 7.99. The molecule has 6 heterocycles. The molecule has 1 unspecified atom stereocenters. The van der Waals surface area contributed by atoms with Gasteiger partial charge in [0.15, 0.2) is 0 Å². The lowest BCUT2D eigenvalue weighted by atomic mass is 9.70. The molecular formula is C59H72ClF3N8O8S3. The number of allylic oxidation sites excluding steroid dienone is 1. The van der Waals surface area contributed by atoms with Crippen molar-refractivity contribution in [3.8, 4) is 0 Å². The zero-order valence-corrected chi connectivity index (χ0v) is 49.3. The third-order valence-corrected chi connectivity index (χ3v) is 21.4. The quantitative estimate of drug-likeness (QED) is 0.0604. The number of hydrogen-bond donors (Lipinski definition) is 3. The Balaban J connectivity index is 0.776. The summed E-state index contributed by atoms with van der Waals surface area (Å²) in [4.78, 5) is 49.1. The SMILES string of the molecule is C[C@@]1(CN2C[C@@H]3CC[C@H]2CN3C2CCC(=O)NC2=O)CCC(c2ccc(Cl)cc2)=C(CN2CCN(c3ccc(C(=O)NS(=O)(=O)c4ccc(N[C@H](CCN5CCCOCC5)CSc5ccccc5)c(S(=O)(=O)C(F)(F)F)c4)cc3)CC2)C1. The van der Waals surface area contributed by atoms with Crippen LogP contribution in [0, 0.1) is 5.41 Å². The second-order valence-corrected chi connectivity index (χ2v) is 28.1. The molecule has 0 saturated carbocycles. The molecule has 23 heteroatoms. The number of halogens is 4. The average molecular weight is 1210 g/mol. The lowest BCUT2D eigenvalue weighted by Crippen LogP contribution is -2.68. The summed E-state index contributed by atoms with van der Waals surface area (Å²) in [5.41, 5.74) is -1.37. The first kappa shape index (κ1) is 60.1. The van der Waals surface area contributed by atoms with Gasteiger partial charge in [0.25, 0.3) is 25.8 Å². The predicted octanol–water partition coefficient (Wildman–Crippen LogP) is 8.16. The summed E-state index contributed by atoms with van der Waals surface area (Å²) in [5, 5.41) is 6.27. The number of anilines is 2. The van der Waals surface area contributed by atoms with Crippen LogP contribution >= 0.6 is 23.4 Å². The second kappa shape index (κ2) is 25.7. The van der Waals surface area contributed by atoms with Crippen LogP contribution < -0.4 is 20.3 Å². The van der Waals surface area contributed by atoms with Crippen LogP contribution in [0.15, 0.2) is 117 Å². The number of piperazine rings is 2. The number of ether oxygens (including phenoxy) is 1. The van der Waals surface area contributed by atoms with Crippen molar-refractivity contribution in [2.24, 2.45) is 5.41 Å². The molecule has 0 radical (unpaired) electrons. The van der Waals surface area contributed by atoms with Crippen molar-refractivity contribution in [1.29, 1.82) is 0 Å². The van der Waals surface area contributed by atoms with E-state index >= 15 is 0 Å². The first-order valence-electron chi connectivity index (χ1n) is 28.3. The van der Waals surface area contributed by atoms with E-state index in [1.54, 1.807) is 12.1 Å². The normalized spacial score (nSPS) is 24.3. The molecule has 0 aromatic heterocycles. The summed E-state index contributed by atoms with van der Waals surface area (Å²) in [6, 6.07) is 26.2. The van der Waals surface area contributed by atoms with Gasteiger partial charge in [0.2, 0.25) is 11.8 Å². The molecule has 3 N–H and O–H groups in total. The minimum atomic E-state index is -6.09. The summed E-state index contributed by atoms with van der Waals surface area (Å²) >= 11 is 7.81. The second-order valence-electron chi connectivity index (χ2n) is 23.0. The van der Waals surface area contributed by atoms with Crippen LogP contribution in [0.2, 0.25) is 5.02 Å². The number of nitrogens with one attached hydrogen (secondary N) is 3. The summed E-state index contributed by atoms with van der Waals surface area (Å²) in [6.07, 6.45) is 7.28. The number of nitrogens with zero attached hydrogens (tertiary/aromatic N) is 5. The van der Waals surface area contributed by atoms with E-state index in [0.717, 1.165) is 107 Å². The van der Waals surface area contributed by atoms with Crippen molar-refractivity contribution >= 4 is 77.9 Å².